The van der Waals surface area contributed by atoms with Crippen LogP contribution in [0.2, 0.25) is 0 Å². The van der Waals surface area contributed by atoms with Gasteiger partial charge in [0.05, 0.1) is 17.7 Å². The van der Waals surface area contributed by atoms with Crippen molar-refractivity contribution in [2.45, 2.75) is 0 Å². The second-order valence-corrected chi connectivity index (χ2v) is 4.04. The van der Waals surface area contributed by atoms with Gasteiger partial charge >= 0.3 is 5.97 Å². The van der Waals surface area contributed by atoms with Crippen LogP contribution in [0.25, 0.3) is 5.70 Å². The predicted octanol–water partition coefficient (Wildman–Crippen LogP) is 2.14. The molecule has 0 aliphatic carbocycles. The van der Waals surface area contributed by atoms with Crippen molar-refractivity contribution in [1.29, 1.82) is 0 Å². The molecule has 0 aliphatic rings. The summed E-state index contributed by atoms with van der Waals surface area (Å²) < 4.78 is 4.60. The molecule has 0 radical (unpaired) electrons. The maximum absolute atomic E-state index is 11.2. The van der Waals surface area contributed by atoms with Crippen molar-refractivity contribution in [2.24, 2.45) is 10.1 Å². The molecular weight excluding hydrogens is 232 g/mol. The summed E-state index contributed by atoms with van der Waals surface area (Å²) in [7, 11) is 1.35. The molecule has 0 unspecified atom stereocenters. The number of hydrogen-bond acceptors (Lipinski definition) is 6. The van der Waals surface area contributed by atoms with Gasteiger partial charge in [0.1, 0.15) is 4.88 Å². The molecule has 6 heteroatoms. The molecule has 0 bridgehead atoms. The van der Waals surface area contributed by atoms with E-state index >= 15 is 0 Å². The molecule has 15 heavy (non-hydrogen) atoms. The Hall–Kier alpha value is -1.11. The Kier molecular flexibility index (Phi) is 4.54. The topological polar surface area (TPSA) is 64.7 Å². The molecule has 80 valence electrons. The van der Waals surface area contributed by atoms with Crippen molar-refractivity contribution in [3.63, 3.8) is 0 Å². The Morgan fingerprint density at radius 2 is 2.33 bits per heavy atom. The van der Waals surface area contributed by atoms with Gasteiger partial charge in [-0.25, -0.2) is 4.79 Å². The van der Waals surface area contributed by atoms with Crippen molar-refractivity contribution in [2.75, 3.05) is 7.11 Å². The number of methoxy groups -OCH3 is 1. The minimum Gasteiger partial charge on any atom is -0.465 e. The molecule has 1 aromatic rings. The minimum absolute atomic E-state index is 0.352. The van der Waals surface area contributed by atoms with E-state index in [1.807, 2.05) is 0 Å². The van der Waals surface area contributed by atoms with E-state index in [2.05, 4.69) is 16.4 Å². The summed E-state index contributed by atoms with van der Waals surface area (Å²) in [6.45, 7) is 3.43. The third-order valence-electron chi connectivity index (χ3n) is 1.60. The molecule has 0 aromatic carbocycles. The second-order valence-electron chi connectivity index (χ2n) is 2.45. The van der Waals surface area contributed by atoms with Gasteiger partial charge in [-0.05, 0) is 18.9 Å². The molecule has 1 heterocycles. The number of ether oxygens (including phenoxy) is 1. The van der Waals surface area contributed by atoms with Crippen LogP contribution in [0.4, 0.5) is 0 Å². The fourth-order valence-corrected chi connectivity index (χ4v) is 2.23. The van der Waals surface area contributed by atoms with Crippen LogP contribution in [0.1, 0.15) is 14.5 Å². The molecular formula is C9H10N2O2S2. The summed E-state index contributed by atoms with van der Waals surface area (Å²) in [6.07, 6.45) is 0. The molecule has 1 aromatic heterocycles. The fraction of sp³-hybridized carbons (Fsp3) is 0.111. The molecule has 0 atom stereocenters. The van der Waals surface area contributed by atoms with Crippen LogP contribution in [0.3, 0.4) is 0 Å². The molecule has 0 aliphatic heterocycles. The zero-order valence-corrected chi connectivity index (χ0v) is 9.73. The average molecular weight is 242 g/mol. The number of carbonyl (C=O) groups is 1. The van der Waals surface area contributed by atoms with Gasteiger partial charge in [0, 0.05) is 5.41 Å². The molecule has 4 nitrogen and oxygen atoms in total. The summed E-state index contributed by atoms with van der Waals surface area (Å²) in [5, 5.41) is 6.97. The van der Waals surface area contributed by atoms with Gasteiger partial charge in [-0.1, -0.05) is 11.9 Å². The van der Waals surface area contributed by atoms with E-state index < -0.39 is 0 Å². The minimum atomic E-state index is -0.352. The lowest BCUT2D eigenvalue weighted by Crippen LogP contribution is -1.96. The molecule has 0 saturated carbocycles. The number of carbonyl (C=O) groups excluding carboxylic acids is 1. The van der Waals surface area contributed by atoms with Crippen LogP contribution >= 0.6 is 23.3 Å². The highest BCUT2D eigenvalue weighted by Crippen LogP contribution is 2.26. The smallest absolute Gasteiger partial charge is 0.348 e. The fourth-order valence-electron chi connectivity index (χ4n) is 0.924. The Bertz CT molecular complexity index is 399. The first-order chi connectivity index (χ1) is 7.22. The van der Waals surface area contributed by atoms with Crippen LogP contribution in [-0.4, -0.2) is 19.8 Å². The van der Waals surface area contributed by atoms with Crippen molar-refractivity contribution in [1.82, 2.24) is 0 Å². The lowest BCUT2D eigenvalue weighted by atomic mass is 10.4. The first-order valence-electron chi connectivity index (χ1n) is 3.94. The van der Waals surface area contributed by atoms with Crippen molar-refractivity contribution in [3.05, 3.63) is 27.3 Å². The maximum atomic E-state index is 11.2. The van der Waals surface area contributed by atoms with E-state index in [4.69, 9.17) is 5.14 Å². The van der Waals surface area contributed by atoms with Gasteiger partial charge in [0.15, 0.2) is 0 Å². The Morgan fingerprint density at radius 3 is 2.87 bits per heavy atom. The van der Waals surface area contributed by atoms with Crippen molar-refractivity contribution < 1.29 is 9.53 Å². The highest BCUT2D eigenvalue weighted by molar-refractivity contribution is 8.00. The van der Waals surface area contributed by atoms with Crippen LogP contribution in [0.15, 0.2) is 22.5 Å². The summed E-state index contributed by atoms with van der Waals surface area (Å²) >= 11 is 2.34. The summed E-state index contributed by atoms with van der Waals surface area (Å²) in [6, 6.07) is 3.47. The van der Waals surface area contributed by atoms with E-state index in [0.717, 1.165) is 16.8 Å². The Balaban J connectivity index is 2.97. The number of aliphatic imine (C=N–C) groups is 1. The lowest BCUT2D eigenvalue weighted by Gasteiger charge is -1.95. The zero-order chi connectivity index (χ0) is 11.3. The lowest BCUT2D eigenvalue weighted by molar-refractivity contribution is 0.0606. The van der Waals surface area contributed by atoms with Gasteiger partial charge in [0.25, 0.3) is 0 Å². The molecule has 1 rings (SSSR count). The SMILES string of the molecule is C=N/C(=C\SN)c1ccc(C(=O)OC)s1. The number of rotatable bonds is 4. The second kappa shape index (κ2) is 5.69. The summed E-state index contributed by atoms with van der Waals surface area (Å²) in [5.74, 6) is -0.352. The van der Waals surface area contributed by atoms with Gasteiger partial charge in [-0.15, -0.1) is 11.3 Å². The van der Waals surface area contributed by atoms with Crippen LogP contribution in [0, 0.1) is 0 Å². The van der Waals surface area contributed by atoms with Gasteiger partial charge in [0.2, 0.25) is 0 Å². The number of nitrogens with zero attached hydrogens (tertiary/aromatic N) is 1. The first kappa shape index (κ1) is 12.0. The van der Waals surface area contributed by atoms with E-state index in [9.17, 15) is 4.79 Å². The standard InChI is InChI=1S/C9H10N2O2S2/c1-11-6(5-14-10)7-3-4-8(15-7)9(12)13-2/h3-5H,1,10H2,2H3/b6-5-. The predicted molar refractivity (Wildman–Crippen MR) is 65.0 cm³/mol. The highest BCUT2D eigenvalue weighted by Gasteiger charge is 2.10. The zero-order valence-electron chi connectivity index (χ0n) is 8.10. The van der Waals surface area contributed by atoms with E-state index in [0.29, 0.717) is 10.6 Å². The third-order valence-corrected chi connectivity index (χ3v) is 3.04. The van der Waals surface area contributed by atoms with Gasteiger partial charge in [-0.3, -0.25) is 10.1 Å². The first-order valence-corrected chi connectivity index (χ1v) is 5.69. The average Bonchev–Trinajstić information content (AvgIpc) is 2.73. The Labute approximate surface area is 96.0 Å². The van der Waals surface area contributed by atoms with Gasteiger partial charge in [-0.2, -0.15) is 0 Å². The quantitative estimate of drug-likeness (QED) is 0.499. The van der Waals surface area contributed by atoms with Gasteiger partial charge < -0.3 is 4.74 Å². The highest BCUT2D eigenvalue weighted by atomic mass is 32.2. The van der Waals surface area contributed by atoms with Crippen molar-refractivity contribution >= 4 is 41.7 Å². The number of thiophene rings is 1. The number of nitrogens with two attached hydrogens (primary N) is 1. The van der Waals surface area contributed by atoms with Crippen molar-refractivity contribution in [3.8, 4) is 0 Å². The molecule has 2 N–H and O–H groups in total. The third kappa shape index (κ3) is 2.92. The van der Waals surface area contributed by atoms with E-state index in [1.54, 1.807) is 17.5 Å². The van der Waals surface area contributed by atoms with Crippen LogP contribution < -0.4 is 5.14 Å². The monoisotopic (exact) mass is 242 g/mol. The largest absolute Gasteiger partial charge is 0.465 e. The molecule has 0 amide bonds. The number of esters is 1. The maximum Gasteiger partial charge on any atom is 0.348 e. The molecule has 0 fully saturated rings. The van der Waals surface area contributed by atoms with E-state index in [-0.39, 0.29) is 5.97 Å². The van der Waals surface area contributed by atoms with Crippen LogP contribution in [-0.2, 0) is 4.74 Å². The van der Waals surface area contributed by atoms with Crippen LogP contribution in [0.5, 0.6) is 0 Å². The molecule has 0 spiro atoms. The normalized spacial score (nSPS) is 11.2. The summed E-state index contributed by atoms with van der Waals surface area (Å²) in [5.41, 5.74) is 0.655. The Morgan fingerprint density at radius 1 is 1.67 bits per heavy atom. The number of hydrogen-bond donors (Lipinski definition) is 1. The summed E-state index contributed by atoms with van der Waals surface area (Å²) in [4.78, 5) is 16.4. The van der Waals surface area contributed by atoms with E-state index in [1.165, 1.54) is 18.4 Å². The molecule has 0 saturated heterocycles.